The fourth-order valence-corrected chi connectivity index (χ4v) is 3.04. The van der Waals surface area contributed by atoms with Gasteiger partial charge < -0.3 is 24.8 Å². The summed E-state index contributed by atoms with van der Waals surface area (Å²) in [5.74, 6) is -1.27. The molecule has 0 unspecified atom stereocenters. The maximum absolute atomic E-state index is 12.3. The molecule has 0 saturated carbocycles. The predicted molar refractivity (Wildman–Crippen MR) is 104 cm³/mol. The first-order valence-corrected chi connectivity index (χ1v) is 9.02. The van der Waals surface area contributed by atoms with Crippen molar-refractivity contribution in [3.05, 3.63) is 52.7 Å². The van der Waals surface area contributed by atoms with Crippen LogP contribution in [0.5, 0.6) is 0 Å². The first-order chi connectivity index (χ1) is 13.4. The Bertz CT molecular complexity index is 870. The topological polar surface area (TPSA) is 101 Å². The molecule has 8 nitrogen and oxygen atoms in total. The number of carboxylic acid groups (broad SMARTS) is 1. The van der Waals surface area contributed by atoms with Gasteiger partial charge in [-0.2, -0.15) is 0 Å². The number of pyridine rings is 1. The molecule has 1 atom stereocenters. The Balaban J connectivity index is 1.76. The fraction of sp³-hybridized carbons (Fsp3) is 0.316. The lowest BCUT2D eigenvalue weighted by atomic mass is 10.2. The molecule has 1 saturated heterocycles. The Morgan fingerprint density at radius 3 is 2.86 bits per heavy atom. The number of likely N-dealkylation sites (N-methyl/N-ethyl adjacent to an activating group) is 1. The number of nitrogens with zero attached hydrogens (tertiary/aromatic N) is 2. The summed E-state index contributed by atoms with van der Waals surface area (Å²) in [4.78, 5) is 30.0. The van der Waals surface area contributed by atoms with Gasteiger partial charge in [-0.3, -0.25) is 4.79 Å². The second kappa shape index (κ2) is 9.01. The summed E-state index contributed by atoms with van der Waals surface area (Å²) >= 11 is 5.90. The molecule has 0 spiro atoms. The molecule has 1 aromatic heterocycles. The quantitative estimate of drug-likeness (QED) is 0.761. The molecule has 9 heteroatoms. The Kier molecular flexibility index (Phi) is 6.45. The molecular weight excluding hydrogens is 386 g/mol. The molecule has 2 heterocycles. The average Bonchev–Trinajstić information content (AvgIpc) is 2.68. The maximum atomic E-state index is 12.3. The zero-order chi connectivity index (χ0) is 20.1. The van der Waals surface area contributed by atoms with E-state index in [1.54, 1.807) is 30.1 Å². The van der Waals surface area contributed by atoms with Gasteiger partial charge in [-0.1, -0.05) is 17.7 Å². The Morgan fingerprint density at radius 2 is 2.18 bits per heavy atom. The van der Waals surface area contributed by atoms with Crippen LogP contribution < -0.4 is 10.2 Å². The lowest BCUT2D eigenvalue weighted by molar-refractivity contribution is -0.0837. The Labute approximate surface area is 167 Å². The van der Waals surface area contributed by atoms with Crippen molar-refractivity contribution in [1.29, 1.82) is 0 Å². The fourth-order valence-electron chi connectivity index (χ4n) is 2.85. The average molecular weight is 406 g/mol. The third-order valence-corrected chi connectivity index (χ3v) is 4.40. The van der Waals surface area contributed by atoms with Crippen molar-refractivity contribution in [3.63, 3.8) is 0 Å². The number of nitrogens with one attached hydrogen (secondary N) is 1. The van der Waals surface area contributed by atoms with Gasteiger partial charge >= 0.3 is 5.97 Å². The normalized spacial score (nSPS) is 16.4. The molecule has 1 aliphatic heterocycles. The molecule has 1 amide bonds. The molecule has 28 heavy (non-hydrogen) atoms. The van der Waals surface area contributed by atoms with E-state index in [0.29, 0.717) is 37.0 Å². The number of carboxylic acids is 1. The van der Waals surface area contributed by atoms with E-state index >= 15 is 0 Å². The Morgan fingerprint density at radius 1 is 1.36 bits per heavy atom. The number of aromatic nitrogens is 1. The van der Waals surface area contributed by atoms with Crippen molar-refractivity contribution >= 4 is 35.0 Å². The van der Waals surface area contributed by atoms with Gasteiger partial charge in [-0.05, 0) is 24.3 Å². The number of aromatic carboxylic acids is 1. The molecular formula is C19H20ClN3O5. The zero-order valence-electron chi connectivity index (χ0n) is 15.2. The highest BCUT2D eigenvalue weighted by molar-refractivity contribution is 6.31. The molecule has 0 bridgehead atoms. The van der Waals surface area contributed by atoms with Crippen LogP contribution in [0.15, 0.2) is 36.5 Å². The lowest BCUT2D eigenvalue weighted by Gasteiger charge is -2.28. The van der Waals surface area contributed by atoms with Crippen LogP contribution in [0.4, 0.5) is 11.5 Å². The summed E-state index contributed by atoms with van der Waals surface area (Å²) in [6.07, 6.45) is 1.25. The zero-order valence-corrected chi connectivity index (χ0v) is 16.0. The van der Waals surface area contributed by atoms with Crippen LogP contribution in [0.3, 0.4) is 0 Å². The third kappa shape index (κ3) is 4.98. The molecule has 0 radical (unpaired) electrons. The van der Waals surface area contributed by atoms with Crippen molar-refractivity contribution < 1.29 is 24.2 Å². The monoisotopic (exact) mass is 405 g/mol. The molecule has 1 fully saturated rings. The van der Waals surface area contributed by atoms with E-state index in [1.165, 1.54) is 18.3 Å². The van der Waals surface area contributed by atoms with E-state index in [0.717, 1.165) is 0 Å². The Hall–Kier alpha value is -2.68. The molecule has 1 aromatic carbocycles. The van der Waals surface area contributed by atoms with Gasteiger partial charge in [0.2, 0.25) is 0 Å². The van der Waals surface area contributed by atoms with Crippen LogP contribution >= 0.6 is 11.6 Å². The van der Waals surface area contributed by atoms with Crippen LogP contribution in [0.25, 0.3) is 0 Å². The number of amides is 1. The number of halogens is 1. The summed E-state index contributed by atoms with van der Waals surface area (Å²) in [6.45, 7) is 1.94. The van der Waals surface area contributed by atoms with Crippen LogP contribution in [-0.2, 0) is 9.47 Å². The number of hydrogen-bond acceptors (Lipinski definition) is 6. The smallest absolute Gasteiger partial charge is 0.339 e. The summed E-state index contributed by atoms with van der Waals surface area (Å²) in [7, 11) is 1.73. The molecule has 1 aliphatic rings. The second-order valence-electron chi connectivity index (χ2n) is 6.31. The molecule has 0 aliphatic carbocycles. The summed E-state index contributed by atoms with van der Waals surface area (Å²) < 4.78 is 11.0. The van der Waals surface area contributed by atoms with Crippen molar-refractivity contribution in [3.8, 4) is 0 Å². The number of ether oxygens (including phenoxy) is 2. The first-order valence-electron chi connectivity index (χ1n) is 8.65. The number of hydrogen-bond donors (Lipinski definition) is 2. The number of carbonyl (C=O) groups is 2. The standard InChI is InChI=1S/C19H20ClN3O5/c1-23(10-15-11-27-5-6-28-15)17-16(19(25)26)8-14(9-21-17)22-18(24)12-3-2-4-13(20)7-12/h2-4,7-9,15H,5-6,10-11H2,1H3,(H,22,24)(H,25,26)/t15-/m0/s1. The highest BCUT2D eigenvalue weighted by atomic mass is 35.5. The van der Waals surface area contributed by atoms with Gasteiger partial charge in [0.1, 0.15) is 11.4 Å². The van der Waals surface area contributed by atoms with Gasteiger partial charge in [0.15, 0.2) is 0 Å². The van der Waals surface area contributed by atoms with E-state index in [1.807, 2.05) is 0 Å². The van der Waals surface area contributed by atoms with E-state index in [2.05, 4.69) is 10.3 Å². The van der Waals surface area contributed by atoms with E-state index in [4.69, 9.17) is 21.1 Å². The van der Waals surface area contributed by atoms with Crippen molar-refractivity contribution in [2.75, 3.05) is 43.6 Å². The lowest BCUT2D eigenvalue weighted by Crippen LogP contribution is -2.39. The summed E-state index contributed by atoms with van der Waals surface area (Å²) in [5.41, 5.74) is 0.611. The van der Waals surface area contributed by atoms with Gasteiger partial charge in [0.25, 0.3) is 5.91 Å². The van der Waals surface area contributed by atoms with Crippen LogP contribution in [0.2, 0.25) is 5.02 Å². The molecule has 3 rings (SSSR count). The first kappa shape index (κ1) is 20.1. The maximum Gasteiger partial charge on any atom is 0.339 e. The molecule has 2 N–H and O–H groups in total. The van der Waals surface area contributed by atoms with Crippen LogP contribution in [-0.4, -0.2) is 61.5 Å². The summed E-state index contributed by atoms with van der Waals surface area (Å²) in [6, 6.07) is 7.83. The van der Waals surface area contributed by atoms with Crippen molar-refractivity contribution in [2.24, 2.45) is 0 Å². The highest BCUT2D eigenvalue weighted by Gasteiger charge is 2.22. The van der Waals surface area contributed by atoms with Gasteiger partial charge in [-0.15, -0.1) is 0 Å². The largest absolute Gasteiger partial charge is 0.478 e. The SMILES string of the molecule is CN(C[C@H]1COCCO1)c1ncc(NC(=O)c2cccc(Cl)c2)cc1C(=O)O. The minimum Gasteiger partial charge on any atom is -0.478 e. The van der Waals surface area contributed by atoms with E-state index in [9.17, 15) is 14.7 Å². The highest BCUT2D eigenvalue weighted by Crippen LogP contribution is 2.22. The number of anilines is 2. The van der Waals surface area contributed by atoms with Gasteiger partial charge in [0, 0.05) is 24.2 Å². The van der Waals surface area contributed by atoms with Crippen LogP contribution in [0.1, 0.15) is 20.7 Å². The van der Waals surface area contributed by atoms with Gasteiger partial charge in [-0.25, -0.2) is 9.78 Å². The number of benzene rings is 1. The second-order valence-corrected chi connectivity index (χ2v) is 6.75. The third-order valence-electron chi connectivity index (χ3n) is 4.17. The summed E-state index contributed by atoms with van der Waals surface area (Å²) in [5, 5.41) is 12.7. The number of carbonyl (C=O) groups excluding carboxylic acids is 1. The minimum atomic E-state index is -1.14. The van der Waals surface area contributed by atoms with Crippen LogP contribution in [0, 0.1) is 0 Å². The van der Waals surface area contributed by atoms with Crippen molar-refractivity contribution in [1.82, 2.24) is 4.98 Å². The molecule has 148 valence electrons. The van der Waals surface area contributed by atoms with E-state index < -0.39 is 11.9 Å². The van der Waals surface area contributed by atoms with E-state index in [-0.39, 0.29) is 23.2 Å². The van der Waals surface area contributed by atoms with Gasteiger partial charge in [0.05, 0.1) is 37.8 Å². The minimum absolute atomic E-state index is 0.0249. The van der Waals surface area contributed by atoms with Crippen molar-refractivity contribution in [2.45, 2.75) is 6.10 Å². The number of rotatable bonds is 6. The predicted octanol–water partition coefficient (Wildman–Crippen LogP) is 2.54. The molecule has 2 aromatic rings.